The average molecular weight is 358 g/mol. The molecule has 0 saturated carbocycles. The molecule has 1 aliphatic heterocycles. The minimum atomic E-state index is -1.26. The number of aliphatic hydroxyl groups is 1. The first kappa shape index (κ1) is 12.4. The zero-order chi connectivity index (χ0) is 12.5. The predicted molar refractivity (Wildman–Crippen MR) is 84.4 cm³/mol. The quantitative estimate of drug-likeness (QED) is 0.569. The van der Waals surface area contributed by atoms with Crippen LogP contribution in [0.2, 0.25) is 0 Å². The number of nitrogens with one attached hydrogen (secondary N) is 2. The summed E-state index contributed by atoms with van der Waals surface area (Å²) in [5.74, 6) is 0. The summed E-state index contributed by atoms with van der Waals surface area (Å²) in [6.07, 6.45) is 2.20. The van der Waals surface area contributed by atoms with Crippen LogP contribution < -0.4 is 5.32 Å². The third-order valence-corrected chi connectivity index (χ3v) is 10.6. The van der Waals surface area contributed by atoms with Crippen LogP contribution >= 0.6 is 19.8 Å². The van der Waals surface area contributed by atoms with Gasteiger partial charge in [0.2, 0.25) is 0 Å². The second kappa shape index (κ2) is 5.19. The van der Waals surface area contributed by atoms with E-state index in [1.54, 1.807) is 0 Å². The van der Waals surface area contributed by atoms with Crippen molar-refractivity contribution in [2.75, 3.05) is 24.1 Å². The number of aromatic nitrogens is 1. The van der Waals surface area contributed by atoms with E-state index in [9.17, 15) is 5.11 Å². The molecule has 1 atom stereocenters. The van der Waals surface area contributed by atoms with Crippen LogP contribution in [0.4, 0.5) is 0 Å². The maximum atomic E-state index is 9.58. The van der Waals surface area contributed by atoms with Gasteiger partial charge in [0.1, 0.15) is 0 Å². The number of para-hydroxylation sites is 1. The Hall–Kier alpha value is -0.590. The first-order valence-corrected chi connectivity index (χ1v) is 10.2. The van der Waals surface area contributed by atoms with Crippen molar-refractivity contribution in [3.8, 4) is 0 Å². The number of rotatable bonds is 2. The van der Waals surface area contributed by atoms with Crippen molar-refractivity contribution in [3.63, 3.8) is 0 Å². The van der Waals surface area contributed by atoms with E-state index in [0.29, 0.717) is 10.5 Å². The maximum absolute atomic E-state index is 9.58. The van der Waals surface area contributed by atoms with E-state index in [0.717, 1.165) is 13.1 Å². The van der Waals surface area contributed by atoms with Gasteiger partial charge >= 0.3 is 115 Å². The van der Waals surface area contributed by atoms with Crippen LogP contribution in [0.25, 0.3) is 10.9 Å². The summed E-state index contributed by atoms with van der Waals surface area (Å²) in [6, 6.07) is 6.52. The summed E-state index contributed by atoms with van der Waals surface area (Å²) >= 11 is -1.26. The first-order valence-electron chi connectivity index (χ1n) is 6.34. The number of hydrogen-bond donors (Lipinski definition) is 3. The molecule has 0 aliphatic carbocycles. The second-order valence-electron chi connectivity index (χ2n) is 4.70. The molecule has 2 heterocycles. The van der Waals surface area contributed by atoms with Gasteiger partial charge in [0.25, 0.3) is 0 Å². The van der Waals surface area contributed by atoms with E-state index in [4.69, 9.17) is 0 Å². The van der Waals surface area contributed by atoms with Crippen LogP contribution in [0, 0.1) is 10.5 Å². The van der Waals surface area contributed by atoms with Gasteiger partial charge in [-0.05, 0) is 0 Å². The summed E-state index contributed by atoms with van der Waals surface area (Å²) in [6.45, 7) is 4.58. The average Bonchev–Trinajstić information content (AvgIpc) is 2.84. The van der Waals surface area contributed by atoms with Gasteiger partial charge in [-0.2, -0.15) is 0 Å². The Morgan fingerprint density at radius 2 is 2.33 bits per heavy atom. The summed E-state index contributed by atoms with van der Waals surface area (Å²) in [5.41, 5.74) is 2.59. The zero-order valence-electron chi connectivity index (χ0n) is 10.5. The van der Waals surface area contributed by atoms with Gasteiger partial charge in [-0.15, -0.1) is 0 Å². The number of alkyl halides is 2. The van der Waals surface area contributed by atoms with Crippen LogP contribution in [0.5, 0.6) is 0 Å². The Morgan fingerprint density at radius 3 is 3.17 bits per heavy atom. The normalized spacial score (nSPS) is 22.6. The Labute approximate surface area is 114 Å². The van der Waals surface area contributed by atoms with E-state index >= 15 is 0 Å². The number of benzene rings is 1. The SMILES string of the molecule is Cc1cccc2c(I3CCNCC3CO)c[nH]c12. The molecule has 4 heteroatoms. The van der Waals surface area contributed by atoms with E-state index in [1.165, 1.54) is 24.5 Å². The molecule has 3 N–H and O–H groups in total. The Kier molecular flexibility index (Phi) is 3.59. The molecule has 0 spiro atoms. The number of fused-ring (bicyclic) bond motifs is 1. The number of aromatic amines is 1. The molecular weight excluding hydrogens is 339 g/mol. The Morgan fingerprint density at radius 1 is 1.44 bits per heavy atom. The van der Waals surface area contributed by atoms with Crippen LogP contribution in [0.3, 0.4) is 0 Å². The van der Waals surface area contributed by atoms with Crippen LogP contribution in [-0.4, -0.2) is 38.1 Å². The molecule has 1 fully saturated rings. The van der Waals surface area contributed by atoms with Gasteiger partial charge in [0.05, 0.1) is 0 Å². The van der Waals surface area contributed by atoms with E-state index in [-0.39, 0.29) is 0 Å². The molecule has 3 rings (SSSR count). The number of hydrogen-bond acceptors (Lipinski definition) is 2. The standard InChI is InChI=1S/C14H19IN2O/c1-10-3-2-4-12-13(8-17-14(10)12)15-5-6-16-7-11(15)9-18/h2-4,8,11,16-18H,5-7,9H2,1H3. The predicted octanol–water partition coefficient (Wildman–Crippen LogP) is 2.12. The van der Waals surface area contributed by atoms with Crippen molar-refractivity contribution >= 4 is 30.7 Å². The molecule has 0 radical (unpaired) electrons. The molecule has 1 aliphatic rings. The molecule has 18 heavy (non-hydrogen) atoms. The van der Waals surface area contributed by atoms with Gasteiger partial charge < -0.3 is 0 Å². The fourth-order valence-electron chi connectivity index (χ4n) is 2.56. The summed E-state index contributed by atoms with van der Waals surface area (Å²) in [7, 11) is 0. The fraction of sp³-hybridized carbons (Fsp3) is 0.429. The molecule has 1 saturated heterocycles. The number of aliphatic hydroxyl groups excluding tert-OH is 1. The van der Waals surface area contributed by atoms with E-state index in [2.05, 4.69) is 41.6 Å². The number of aryl methyl sites for hydroxylation is 1. The van der Waals surface area contributed by atoms with Gasteiger partial charge in [-0.1, -0.05) is 0 Å². The van der Waals surface area contributed by atoms with Gasteiger partial charge in [0, 0.05) is 0 Å². The number of H-pyrrole nitrogens is 1. The minimum absolute atomic E-state index is 0.330. The molecule has 1 aromatic heterocycles. The van der Waals surface area contributed by atoms with Crippen molar-refractivity contribution < 1.29 is 5.11 Å². The topological polar surface area (TPSA) is 48.0 Å². The van der Waals surface area contributed by atoms with Crippen LogP contribution in [0.15, 0.2) is 24.4 Å². The van der Waals surface area contributed by atoms with Crippen molar-refractivity contribution in [2.24, 2.45) is 0 Å². The fourth-order valence-corrected chi connectivity index (χ4v) is 9.01. The molecule has 2 aromatic rings. The molecule has 1 unspecified atom stereocenters. The monoisotopic (exact) mass is 358 g/mol. The van der Waals surface area contributed by atoms with Crippen LogP contribution in [-0.2, 0) is 0 Å². The Balaban J connectivity index is 2.05. The second-order valence-corrected chi connectivity index (χ2v) is 11.0. The molecular formula is C14H19IN2O. The molecule has 98 valence electrons. The summed E-state index contributed by atoms with van der Waals surface area (Å²) in [4.78, 5) is 3.44. The zero-order valence-corrected chi connectivity index (χ0v) is 12.7. The first-order chi connectivity index (χ1) is 8.81. The molecule has 1 aromatic carbocycles. The summed E-state index contributed by atoms with van der Waals surface area (Å²) in [5, 5.41) is 14.4. The van der Waals surface area contributed by atoms with E-state index in [1.807, 2.05) is 0 Å². The van der Waals surface area contributed by atoms with E-state index < -0.39 is 19.8 Å². The van der Waals surface area contributed by atoms with Crippen molar-refractivity contribution in [1.82, 2.24) is 10.3 Å². The third-order valence-electron chi connectivity index (χ3n) is 3.55. The molecule has 0 amide bonds. The third kappa shape index (κ3) is 2.06. The van der Waals surface area contributed by atoms with Crippen LogP contribution in [0.1, 0.15) is 5.56 Å². The Bertz CT molecular complexity index is 552. The molecule has 3 nitrogen and oxygen atoms in total. The molecule has 0 bridgehead atoms. The van der Waals surface area contributed by atoms with Crippen molar-refractivity contribution in [1.29, 1.82) is 0 Å². The summed E-state index contributed by atoms with van der Waals surface area (Å²) < 4.78 is 3.27. The van der Waals surface area contributed by atoms with Gasteiger partial charge in [-0.3, -0.25) is 0 Å². The van der Waals surface area contributed by atoms with Gasteiger partial charge in [-0.25, -0.2) is 0 Å². The van der Waals surface area contributed by atoms with Crippen molar-refractivity contribution in [3.05, 3.63) is 33.5 Å². The number of halogens is 1. The van der Waals surface area contributed by atoms with Gasteiger partial charge in [0.15, 0.2) is 0 Å². The van der Waals surface area contributed by atoms with Crippen molar-refractivity contribution in [2.45, 2.75) is 10.8 Å².